The average Bonchev–Trinajstić information content (AvgIpc) is 2.89. The number of nitrogens with zero attached hydrogens (tertiary/aromatic N) is 2. The van der Waals surface area contributed by atoms with Crippen molar-refractivity contribution >= 4 is 5.91 Å². The lowest BCUT2D eigenvalue weighted by Gasteiger charge is -2.20. The Kier molecular flexibility index (Phi) is 5.31. The molecule has 118 valence electrons. The normalized spacial score (nSPS) is 12.4. The lowest BCUT2D eigenvalue weighted by Crippen LogP contribution is -2.31. The van der Waals surface area contributed by atoms with Crippen LogP contribution in [0.4, 0.5) is 4.39 Å². The molecular formula is C17H22FN3O. The van der Waals surface area contributed by atoms with Crippen LogP contribution in [0.5, 0.6) is 0 Å². The molecular weight excluding hydrogens is 281 g/mol. The Balaban J connectivity index is 2.26. The van der Waals surface area contributed by atoms with Gasteiger partial charge in [0.05, 0.1) is 0 Å². The SMILES string of the molecule is CC(C)CCC(=O)NC(c1ccccc1F)c1nccn1C. The van der Waals surface area contributed by atoms with Crippen molar-refractivity contribution in [1.82, 2.24) is 14.9 Å². The summed E-state index contributed by atoms with van der Waals surface area (Å²) in [5.74, 6) is 0.624. The Morgan fingerprint density at radius 2 is 2.09 bits per heavy atom. The highest BCUT2D eigenvalue weighted by Gasteiger charge is 2.23. The molecule has 1 amide bonds. The second kappa shape index (κ2) is 7.20. The van der Waals surface area contributed by atoms with Gasteiger partial charge in [0, 0.05) is 31.4 Å². The van der Waals surface area contributed by atoms with Gasteiger partial charge in [0.2, 0.25) is 5.91 Å². The topological polar surface area (TPSA) is 46.9 Å². The molecule has 1 atom stereocenters. The minimum Gasteiger partial charge on any atom is -0.342 e. The average molecular weight is 303 g/mol. The molecule has 1 unspecified atom stereocenters. The van der Waals surface area contributed by atoms with Crippen molar-refractivity contribution in [2.75, 3.05) is 0 Å². The summed E-state index contributed by atoms with van der Waals surface area (Å²) in [5, 5.41) is 2.91. The highest BCUT2D eigenvalue weighted by molar-refractivity contribution is 5.76. The molecule has 0 aliphatic rings. The Hall–Kier alpha value is -2.17. The molecule has 4 nitrogen and oxygen atoms in total. The molecule has 0 aliphatic heterocycles. The lowest BCUT2D eigenvalue weighted by molar-refractivity contribution is -0.121. The summed E-state index contributed by atoms with van der Waals surface area (Å²) >= 11 is 0. The molecule has 22 heavy (non-hydrogen) atoms. The van der Waals surface area contributed by atoms with E-state index in [9.17, 15) is 9.18 Å². The molecule has 0 radical (unpaired) electrons. The van der Waals surface area contributed by atoms with E-state index in [1.54, 1.807) is 35.2 Å². The minimum atomic E-state index is -0.583. The summed E-state index contributed by atoms with van der Waals surface area (Å²) in [6, 6.07) is 5.88. The number of hydrogen-bond acceptors (Lipinski definition) is 2. The zero-order valence-electron chi connectivity index (χ0n) is 13.2. The molecule has 2 aromatic rings. The van der Waals surface area contributed by atoms with Gasteiger partial charge in [-0.2, -0.15) is 0 Å². The number of halogens is 1. The van der Waals surface area contributed by atoms with Crippen LogP contribution in [-0.2, 0) is 11.8 Å². The monoisotopic (exact) mass is 303 g/mol. The number of imidazole rings is 1. The molecule has 0 fully saturated rings. The third-order valence-corrected chi connectivity index (χ3v) is 3.59. The van der Waals surface area contributed by atoms with Gasteiger partial charge >= 0.3 is 0 Å². The van der Waals surface area contributed by atoms with Crippen LogP contribution in [0.2, 0.25) is 0 Å². The number of aryl methyl sites for hydroxylation is 1. The van der Waals surface area contributed by atoms with Gasteiger partial charge in [0.1, 0.15) is 17.7 Å². The number of aromatic nitrogens is 2. The number of benzene rings is 1. The molecule has 0 spiro atoms. The first-order valence-electron chi connectivity index (χ1n) is 7.50. The maximum atomic E-state index is 14.1. The maximum absolute atomic E-state index is 14.1. The van der Waals surface area contributed by atoms with E-state index in [2.05, 4.69) is 24.1 Å². The van der Waals surface area contributed by atoms with Crippen molar-refractivity contribution < 1.29 is 9.18 Å². The van der Waals surface area contributed by atoms with Crippen LogP contribution in [0.1, 0.15) is 44.1 Å². The first-order valence-corrected chi connectivity index (χ1v) is 7.50. The van der Waals surface area contributed by atoms with Crippen molar-refractivity contribution in [3.63, 3.8) is 0 Å². The summed E-state index contributed by atoms with van der Waals surface area (Å²) < 4.78 is 15.9. The molecule has 1 aromatic carbocycles. The fourth-order valence-electron chi connectivity index (χ4n) is 2.30. The molecule has 1 N–H and O–H groups in total. The maximum Gasteiger partial charge on any atom is 0.220 e. The zero-order chi connectivity index (χ0) is 16.1. The van der Waals surface area contributed by atoms with Gasteiger partial charge in [-0.15, -0.1) is 0 Å². The second-order valence-electron chi connectivity index (χ2n) is 5.85. The van der Waals surface area contributed by atoms with Crippen LogP contribution in [0.25, 0.3) is 0 Å². The van der Waals surface area contributed by atoms with E-state index in [1.165, 1.54) is 6.07 Å². The quantitative estimate of drug-likeness (QED) is 0.891. The Morgan fingerprint density at radius 1 is 1.36 bits per heavy atom. The Labute approximate surface area is 130 Å². The van der Waals surface area contributed by atoms with Gasteiger partial charge in [0.15, 0.2) is 0 Å². The molecule has 0 saturated carbocycles. The van der Waals surface area contributed by atoms with Crippen LogP contribution in [-0.4, -0.2) is 15.5 Å². The van der Waals surface area contributed by atoms with Crippen molar-refractivity contribution in [2.24, 2.45) is 13.0 Å². The number of amides is 1. The van der Waals surface area contributed by atoms with E-state index in [0.29, 0.717) is 23.7 Å². The molecule has 5 heteroatoms. The lowest BCUT2D eigenvalue weighted by atomic mass is 10.0. The number of hydrogen-bond donors (Lipinski definition) is 1. The van der Waals surface area contributed by atoms with Gasteiger partial charge in [0.25, 0.3) is 0 Å². The van der Waals surface area contributed by atoms with Gasteiger partial charge in [-0.3, -0.25) is 4.79 Å². The number of nitrogens with one attached hydrogen (secondary N) is 1. The van der Waals surface area contributed by atoms with Crippen LogP contribution in [0, 0.1) is 11.7 Å². The summed E-state index contributed by atoms with van der Waals surface area (Å²) in [7, 11) is 1.83. The molecule has 2 rings (SSSR count). The van der Waals surface area contributed by atoms with Crippen LogP contribution in [0.3, 0.4) is 0 Å². The standard InChI is InChI=1S/C17H22FN3O/c1-12(2)8-9-15(22)20-16(17-19-10-11-21(17)3)13-6-4-5-7-14(13)18/h4-7,10-12,16H,8-9H2,1-3H3,(H,20,22). The summed E-state index contributed by atoms with van der Waals surface area (Å²) in [5.41, 5.74) is 0.426. The summed E-state index contributed by atoms with van der Waals surface area (Å²) in [4.78, 5) is 16.4. The predicted molar refractivity (Wildman–Crippen MR) is 83.7 cm³/mol. The molecule has 0 aliphatic carbocycles. The highest BCUT2D eigenvalue weighted by atomic mass is 19.1. The summed E-state index contributed by atoms with van der Waals surface area (Å²) in [6.07, 6.45) is 4.65. The third-order valence-electron chi connectivity index (χ3n) is 3.59. The van der Waals surface area contributed by atoms with E-state index < -0.39 is 6.04 Å². The summed E-state index contributed by atoms with van der Waals surface area (Å²) in [6.45, 7) is 4.14. The number of rotatable bonds is 6. The van der Waals surface area contributed by atoms with Crippen LogP contribution in [0.15, 0.2) is 36.7 Å². The van der Waals surface area contributed by atoms with Crippen molar-refractivity contribution in [1.29, 1.82) is 0 Å². The first kappa shape index (κ1) is 16.2. The van der Waals surface area contributed by atoms with E-state index in [0.717, 1.165) is 6.42 Å². The van der Waals surface area contributed by atoms with Crippen molar-refractivity contribution in [2.45, 2.75) is 32.7 Å². The first-order chi connectivity index (χ1) is 10.5. The predicted octanol–water partition coefficient (Wildman–Crippen LogP) is 3.20. The molecule has 0 bridgehead atoms. The second-order valence-corrected chi connectivity index (χ2v) is 5.85. The fraction of sp³-hybridized carbons (Fsp3) is 0.412. The fourth-order valence-corrected chi connectivity index (χ4v) is 2.30. The smallest absolute Gasteiger partial charge is 0.220 e. The minimum absolute atomic E-state index is 0.0926. The molecule has 0 saturated heterocycles. The number of carbonyl (C=O) groups is 1. The van der Waals surface area contributed by atoms with Crippen molar-refractivity contribution in [3.05, 3.63) is 53.9 Å². The van der Waals surface area contributed by atoms with E-state index in [4.69, 9.17) is 0 Å². The third kappa shape index (κ3) is 3.93. The Morgan fingerprint density at radius 3 is 2.68 bits per heavy atom. The molecule has 1 aromatic heterocycles. The number of carbonyl (C=O) groups excluding carboxylic acids is 1. The van der Waals surface area contributed by atoms with E-state index in [1.807, 2.05) is 7.05 Å². The van der Waals surface area contributed by atoms with E-state index >= 15 is 0 Å². The molecule has 1 heterocycles. The highest BCUT2D eigenvalue weighted by Crippen LogP contribution is 2.23. The zero-order valence-corrected chi connectivity index (χ0v) is 13.2. The van der Waals surface area contributed by atoms with Gasteiger partial charge in [-0.1, -0.05) is 32.0 Å². The van der Waals surface area contributed by atoms with Gasteiger partial charge < -0.3 is 9.88 Å². The Bertz CT molecular complexity index is 636. The van der Waals surface area contributed by atoms with Crippen molar-refractivity contribution in [3.8, 4) is 0 Å². The van der Waals surface area contributed by atoms with E-state index in [-0.39, 0.29) is 11.7 Å². The largest absolute Gasteiger partial charge is 0.342 e. The van der Waals surface area contributed by atoms with Gasteiger partial charge in [-0.25, -0.2) is 9.37 Å². The van der Waals surface area contributed by atoms with Crippen LogP contribution < -0.4 is 5.32 Å². The van der Waals surface area contributed by atoms with Gasteiger partial charge in [-0.05, 0) is 18.4 Å². The van der Waals surface area contributed by atoms with Crippen LogP contribution >= 0.6 is 0 Å².